The minimum atomic E-state index is 0.375. The average molecular weight is 269 g/mol. The van der Waals surface area contributed by atoms with Crippen molar-refractivity contribution < 1.29 is 14.3 Å². The summed E-state index contributed by atoms with van der Waals surface area (Å²) in [7, 11) is 1.31. The highest BCUT2D eigenvalue weighted by atomic mass is 16.5. The van der Waals surface area contributed by atoms with E-state index in [9.17, 15) is 0 Å². The van der Waals surface area contributed by atoms with Crippen molar-refractivity contribution in [3.63, 3.8) is 0 Å². The van der Waals surface area contributed by atoms with Crippen LogP contribution < -0.4 is 4.74 Å². The van der Waals surface area contributed by atoms with E-state index in [4.69, 9.17) is 14.8 Å². The number of nitrogens with zero attached hydrogens (tertiary/aromatic N) is 1. The van der Waals surface area contributed by atoms with E-state index < -0.39 is 0 Å². The van der Waals surface area contributed by atoms with E-state index >= 15 is 0 Å². The summed E-state index contributed by atoms with van der Waals surface area (Å²) in [6.45, 7) is 2.41. The molecule has 0 aromatic heterocycles. The molecule has 0 heterocycles. The van der Waals surface area contributed by atoms with Gasteiger partial charge in [0.15, 0.2) is 0 Å². The molecule has 2 aromatic carbocycles. The van der Waals surface area contributed by atoms with Crippen molar-refractivity contribution in [2.24, 2.45) is 0 Å². The molecule has 4 nitrogen and oxygen atoms in total. The molecule has 0 radical (unpaired) electrons. The fourth-order valence-electron chi connectivity index (χ4n) is 1.34. The second kappa shape index (κ2) is 8.33. The lowest BCUT2D eigenvalue weighted by Gasteiger charge is -2.05. The summed E-state index contributed by atoms with van der Waals surface area (Å²) in [5, 5.41) is 8.66. The largest absolute Gasteiger partial charge is 0.471 e. The van der Waals surface area contributed by atoms with Crippen molar-refractivity contribution in [1.29, 1.82) is 5.26 Å². The number of nitriles is 1. The fraction of sp³-hybridized carbons (Fsp3) is 0.125. The van der Waals surface area contributed by atoms with Gasteiger partial charge in [-0.1, -0.05) is 17.7 Å². The van der Waals surface area contributed by atoms with Crippen LogP contribution >= 0.6 is 0 Å². The SMILES string of the molecule is COC=O.Cc1ccc(Oc2ccc(C#N)cc2)cc1. The lowest BCUT2D eigenvalue weighted by atomic mass is 10.2. The summed E-state index contributed by atoms with van der Waals surface area (Å²) in [4.78, 5) is 8.95. The van der Waals surface area contributed by atoms with E-state index in [1.54, 1.807) is 24.3 Å². The first kappa shape index (κ1) is 15.3. The van der Waals surface area contributed by atoms with Gasteiger partial charge in [0.2, 0.25) is 0 Å². The number of ether oxygens (including phenoxy) is 2. The lowest BCUT2D eigenvalue weighted by Crippen LogP contribution is -1.84. The summed E-state index contributed by atoms with van der Waals surface area (Å²) in [6, 6.07) is 17.0. The maximum Gasteiger partial charge on any atom is 0.292 e. The number of benzene rings is 2. The van der Waals surface area contributed by atoms with Gasteiger partial charge in [-0.2, -0.15) is 5.26 Å². The molecule has 0 unspecified atom stereocenters. The summed E-state index contributed by atoms with van der Waals surface area (Å²) >= 11 is 0. The standard InChI is InChI=1S/C14H11NO.C2H4O2/c1-11-2-6-13(7-3-11)16-14-8-4-12(10-15)5-9-14;1-4-2-3/h2-9H,1H3;2H,1H3. The van der Waals surface area contributed by atoms with Gasteiger partial charge in [0.25, 0.3) is 6.47 Å². The smallest absolute Gasteiger partial charge is 0.292 e. The Bertz CT molecular complexity index is 568. The molecule has 0 aliphatic heterocycles. The first-order valence-corrected chi connectivity index (χ1v) is 5.90. The molecule has 0 N–H and O–H groups in total. The first-order chi connectivity index (χ1) is 9.69. The number of carbonyl (C=O) groups is 1. The third-order valence-corrected chi connectivity index (χ3v) is 2.34. The zero-order valence-corrected chi connectivity index (χ0v) is 11.4. The molecule has 0 spiro atoms. The van der Waals surface area contributed by atoms with Crippen LogP contribution in [-0.4, -0.2) is 13.6 Å². The van der Waals surface area contributed by atoms with Gasteiger partial charge in [-0.05, 0) is 43.3 Å². The van der Waals surface area contributed by atoms with Crippen LogP contribution in [0.5, 0.6) is 11.5 Å². The monoisotopic (exact) mass is 269 g/mol. The topological polar surface area (TPSA) is 59.3 Å². The minimum Gasteiger partial charge on any atom is -0.471 e. The Balaban J connectivity index is 0.000000444. The number of hydrogen-bond acceptors (Lipinski definition) is 4. The van der Waals surface area contributed by atoms with Crippen LogP contribution in [0.15, 0.2) is 48.5 Å². The third-order valence-electron chi connectivity index (χ3n) is 2.34. The maximum absolute atomic E-state index is 8.95. The van der Waals surface area contributed by atoms with Crippen molar-refractivity contribution >= 4 is 6.47 Å². The molecule has 2 rings (SSSR count). The first-order valence-electron chi connectivity index (χ1n) is 5.90. The van der Waals surface area contributed by atoms with Gasteiger partial charge in [-0.15, -0.1) is 0 Å². The molecular weight excluding hydrogens is 254 g/mol. The number of carbonyl (C=O) groups excluding carboxylic acids is 1. The van der Waals surface area contributed by atoms with E-state index in [2.05, 4.69) is 10.8 Å². The Morgan fingerprint density at radius 2 is 1.45 bits per heavy atom. The number of rotatable bonds is 3. The Hall–Kier alpha value is -2.80. The molecule has 20 heavy (non-hydrogen) atoms. The normalized spacial score (nSPS) is 8.65. The molecule has 0 aliphatic carbocycles. The molecule has 102 valence electrons. The van der Waals surface area contributed by atoms with Crippen molar-refractivity contribution in [3.8, 4) is 17.6 Å². The van der Waals surface area contributed by atoms with Crippen LogP contribution in [0, 0.1) is 18.3 Å². The van der Waals surface area contributed by atoms with E-state index in [0.717, 1.165) is 11.5 Å². The highest BCUT2D eigenvalue weighted by Gasteiger charge is 1.97. The van der Waals surface area contributed by atoms with Crippen molar-refractivity contribution in [3.05, 3.63) is 59.7 Å². The minimum absolute atomic E-state index is 0.375. The van der Waals surface area contributed by atoms with Gasteiger partial charge < -0.3 is 9.47 Å². The van der Waals surface area contributed by atoms with E-state index in [-0.39, 0.29) is 0 Å². The number of methoxy groups -OCH3 is 1. The molecule has 0 saturated heterocycles. The van der Waals surface area contributed by atoms with Crippen LogP contribution in [0.3, 0.4) is 0 Å². The van der Waals surface area contributed by atoms with Gasteiger partial charge in [0, 0.05) is 0 Å². The van der Waals surface area contributed by atoms with E-state index in [1.807, 2.05) is 31.2 Å². The zero-order valence-electron chi connectivity index (χ0n) is 11.4. The molecule has 2 aromatic rings. The third kappa shape index (κ3) is 5.23. The molecule has 0 aliphatic rings. The molecule has 4 heteroatoms. The van der Waals surface area contributed by atoms with Gasteiger partial charge in [-0.25, -0.2) is 0 Å². The quantitative estimate of drug-likeness (QED) is 0.801. The highest BCUT2D eigenvalue weighted by molar-refractivity contribution is 5.37. The Morgan fingerprint density at radius 1 is 1.00 bits per heavy atom. The molecule has 0 amide bonds. The van der Waals surface area contributed by atoms with Crippen molar-refractivity contribution in [1.82, 2.24) is 0 Å². The zero-order chi connectivity index (χ0) is 14.8. The molecular formula is C16H15NO3. The molecule has 0 atom stereocenters. The molecule has 0 saturated carbocycles. The summed E-state index contributed by atoms with van der Waals surface area (Å²) in [6.07, 6.45) is 0. The Kier molecular flexibility index (Phi) is 6.35. The van der Waals surface area contributed by atoms with E-state index in [1.165, 1.54) is 12.7 Å². The Labute approximate surface area is 118 Å². The van der Waals surface area contributed by atoms with Gasteiger partial charge >= 0.3 is 0 Å². The average Bonchev–Trinajstić information content (AvgIpc) is 2.50. The van der Waals surface area contributed by atoms with Crippen molar-refractivity contribution in [2.45, 2.75) is 6.92 Å². The van der Waals surface area contributed by atoms with Crippen LogP contribution in [-0.2, 0) is 9.53 Å². The second-order valence-corrected chi connectivity index (χ2v) is 3.88. The van der Waals surface area contributed by atoms with Gasteiger partial charge in [0.05, 0.1) is 18.7 Å². The molecule has 0 fully saturated rings. The van der Waals surface area contributed by atoms with Crippen LogP contribution in [0.1, 0.15) is 11.1 Å². The predicted molar refractivity (Wildman–Crippen MR) is 75.5 cm³/mol. The van der Waals surface area contributed by atoms with E-state index in [0.29, 0.717) is 12.0 Å². The van der Waals surface area contributed by atoms with Crippen molar-refractivity contribution in [2.75, 3.05) is 7.11 Å². The van der Waals surface area contributed by atoms with Crippen LogP contribution in [0.25, 0.3) is 0 Å². The summed E-state index contributed by atoms with van der Waals surface area (Å²) < 4.78 is 9.48. The fourth-order valence-corrected chi connectivity index (χ4v) is 1.34. The van der Waals surface area contributed by atoms with Gasteiger partial charge in [0.1, 0.15) is 11.5 Å². The Morgan fingerprint density at radius 3 is 1.85 bits per heavy atom. The highest BCUT2D eigenvalue weighted by Crippen LogP contribution is 2.21. The summed E-state index contributed by atoms with van der Waals surface area (Å²) in [5.74, 6) is 1.54. The summed E-state index contributed by atoms with van der Waals surface area (Å²) in [5.41, 5.74) is 1.84. The lowest BCUT2D eigenvalue weighted by molar-refractivity contribution is -0.126. The molecule has 0 bridgehead atoms. The van der Waals surface area contributed by atoms with Crippen LogP contribution in [0.2, 0.25) is 0 Å². The van der Waals surface area contributed by atoms with Crippen LogP contribution in [0.4, 0.5) is 0 Å². The van der Waals surface area contributed by atoms with Gasteiger partial charge in [-0.3, -0.25) is 4.79 Å². The second-order valence-electron chi connectivity index (χ2n) is 3.88. The number of aryl methyl sites for hydroxylation is 1. The predicted octanol–water partition coefficient (Wildman–Crippen LogP) is 3.45. The maximum atomic E-state index is 8.95. The number of hydrogen-bond donors (Lipinski definition) is 0.